The molecule has 0 amide bonds. The number of rotatable bonds is 9. The molecule has 8 nitrogen and oxygen atoms in total. The molecule has 2 saturated carbocycles. The number of carboxylic acids is 1. The molecule has 0 atom stereocenters. The predicted octanol–water partition coefficient (Wildman–Crippen LogP) is 6.14. The van der Waals surface area contributed by atoms with Crippen LogP contribution in [0.5, 0.6) is 0 Å². The second kappa shape index (κ2) is 10.5. The van der Waals surface area contributed by atoms with Crippen molar-refractivity contribution in [1.82, 2.24) is 24.5 Å². The van der Waals surface area contributed by atoms with Crippen molar-refractivity contribution in [2.45, 2.75) is 84.6 Å². The number of hydrogen-bond donors (Lipinski definition) is 2. The molecular formula is C28H38N6O2. The zero-order valence-corrected chi connectivity index (χ0v) is 21.7. The molecular weight excluding hydrogens is 452 g/mol. The van der Waals surface area contributed by atoms with E-state index in [1.165, 1.54) is 50.5 Å². The van der Waals surface area contributed by atoms with Crippen molar-refractivity contribution in [2.75, 3.05) is 11.9 Å². The molecule has 0 aliphatic heterocycles. The molecule has 0 unspecified atom stereocenters. The van der Waals surface area contributed by atoms with Gasteiger partial charge in [0.2, 0.25) is 5.82 Å². The van der Waals surface area contributed by atoms with Gasteiger partial charge in [0.05, 0.1) is 0 Å². The van der Waals surface area contributed by atoms with E-state index in [1.807, 2.05) is 12.3 Å². The van der Waals surface area contributed by atoms with Crippen molar-refractivity contribution in [1.29, 1.82) is 0 Å². The highest BCUT2D eigenvalue weighted by atomic mass is 16.4. The van der Waals surface area contributed by atoms with E-state index in [4.69, 9.17) is 4.98 Å². The molecule has 2 aliphatic rings. The van der Waals surface area contributed by atoms with Crippen LogP contribution in [0.3, 0.4) is 0 Å². The number of aromatic nitrogens is 5. The second-order valence-electron chi connectivity index (χ2n) is 11.2. The molecule has 5 rings (SSSR count). The molecule has 3 heterocycles. The van der Waals surface area contributed by atoms with E-state index in [-0.39, 0.29) is 5.82 Å². The SMILES string of the molecule is CC1CCC(Cn2c(-c3cc(C(C)C)ccn3)nc3nc(C(=O)O)nc(NCCC4CCC4)c32)CC1. The smallest absolute Gasteiger partial charge is 0.374 e. The molecule has 2 aliphatic carbocycles. The highest BCUT2D eigenvalue weighted by molar-refractivity contribution is 5.92. The quantitative estimate of drug-likeness (QED) is 0.371. The normalized spacial score (nSPS) is 20.6. The van der Waals surface area contributed by atoms with Gasteiger partial charge in [-0.1, -0.05) is 52.9 Å². The summed E-state index contributed by atoms with van der Waals surface area (Å²) in [6.45, 7) is 8.23. The van der Waals surface area contributed by atoms with Crippen LogP contribution in [0.4, 0.5) is 5.82 Å². The van der Waals surface area contributed by atoms with Crippen LogP contribution >= 0.6 is 0 Å². The number of hydrogen-bond acceptors (Lipinski definition) is 6. The van der Waals surface area contributed by atoms with Crippen LogP contribution in [-0.4, -0.2) is 42.1 Å². The minimum absolute atomic E-state index is 0.222. The van der Waals surface area contributed by atoms with Crippen LogP contribution in [0, 0.1) is 17.8 Å². The van der Waals surface area contributed by atoms with Crippen molar-refractivity contribution < 1.29 is 9.90 Å². The molecule has 36 heavy (non-hydrogen) atoms. The molecule has 0 radical (unpaired) electrons. The monoisotopic (exact) mass is 490 g/mol. The van der Waals surface area contributed by atoms with E-state index < -0.39 is 5.97 Å². The Kier molecular flexibility index (Phi) is 7.21. The average molecular weight is 491 g/mol. The Balaban J connectivity index is 1.60. The summed E-state index contributed by atoms with van der Waals surface area (Å²) < 4.78 is 2.21. The first-order chi connectivity index (χ1) is 17.4. The number of anilines is 1. The van der Waals surface area contributed by atoms with Crippen molar-refractivity contribution in [2.24, 2.45) is 17.8 Å². The minimum Gasteiger partial charge on any atom is -0.475 e. The topological polar surface area (TPSA) is 106 Å². The zero-order chi connectivity index (χ0) is 25.2. The van der Waals surface area contributed by atoms with E-state index >= 15 is 0 Å². The van der Waals surface area contributed by atoms with E-state index in [0.29, 0.717) is 23.3 Å². The highest BCUT2D eigenvalue weighted by Crippen LogP contribution is 2.35. The van der Waals surface area contributed by atoms with Gasteiger partial charge in [0.15, 0.2) is 17.3 Å². The van der Waals surface area contributed by atoms with E-state index in [0.717, 1.165) is 48.4 Å². The number of carboxylic acid groups (broad SMARTS) is 1. The van der Waals surface area contributed by atoms with Crippen LogP contribution in [0.1, 0.15) is 94.2 Å². The van der Waals surface area contributed by atoms with Crippen LogP contribution in [0.25, 0.3) is 22.7 Å². The summed E-state index contributed by atoms with van der Waals surface area (Å²) in [5, 5.41) is 13.2. The van der Waals surface area contributed by atoms with Gasteiger partial charge in [-0.2, -0.15) is 0 Å². The number of carbonyl (C=O) groups is 1. The van der Waals surface area contributed by atoms with Gasteiger partial charge in [-0.3, -0.25) is 4.98 Å². The van der Waals surface area contributed by atoms with Gasteiger partial charge in [0.1, 0.15) is 11.2 Å². The first-order valence-corrected chi connectivity index (χ1v) is 13.6. The largest absolute Gasteiger partial charge is 0.475 e. The van der Waals surface area contributed by atoms with Crippen molar-refractivity contribution in [3.8, 4) is 11.5 Å². The van der Waals surface area contributed by atoms with Crippen LogP contribution in [0.2, 0.25) is 0 Å². The van der Waals surface area contributed by atoms with Crippen molar-refractivity contribution >= 4 is 23.0 Å². The third-order valence-electron chi connectivity index (χ3n) is 8.12. The van der Waals surface area contributed by atoms with Gasteiger partial charge >= 0.3 is 5.97 Å². The van der Waals surface area contributed by atoms with E-state index in [2.05, 4.69) is 51.7 Å². The summed E-state index contributed by atoms with van der Waals surface area (Å²) in [6.07, 6.45) is 11.6. The summed E-state index contributed by atoms with van der Waals surface area (Å²) in [4.78, 5) is 30.2. The number of fused-ring (bicyclic) bond motifs is 1. The number of nitrogens with one attached hydrogen (secondary N) is 1. The summed E-state index contributed by atoms with van der Waals surface area (Å²) in [6, 6.07) is 4.14. The molecule has 0 aromatic carbocycles. The summed E-state index contributed by atoms with van der Waals surface area (Å²) in [5.74, 6) is 2.37. The first-order valence-electron chi connectivity index (χ1n) is 13.6. The summed E-state index contributed by atoms with van der Waals surface area (Å²) in [7, 11) is 0. The summed E-state index contributed by atoms with van der Waals surface area (Å²) in [5.41, 5.74) is 3.20. The van der Waals surface area contributed by atoms with Gasteiger partial charge in [-0.25, -0.2) is 19.7 Å². The van der Waals surface area contributed by atoms with Crippen molar-refractivity contribution in [3.63, 3.8) is 0 Å². The molecule has 192 valence electrons. The van der Waals surface area contributed by atoms with E-state index in [1.54, 1.807) is 0 Å². The fourth-order valence-electron chi connectivity index (χ4n) is 5.50. The standard InChI is InChI=1S/C28H38N6O2/c1-17(2)21-12-14-29-22(15-21)27-33-25-23(34(27)16-20-9-7-18(3)8-10-20)24(31-26(32-25)28(35)36)30-13-11-19-5-4-6-19/h12,14-15,17-20H,4-11,13,16H2,1-3H3,(H,35,36)(H,30,31,32). The van der Waals surface area contributed by atoms with E-state index in [9.17, 15) is 9.90 Å². The first kappa shape index (κ1) is 24.7. The molecule has 0 bridgehead atoms. The van der Waals surface area contributed by atoms with Crippen LogP contribution < -0.4 is 5.32 Å². The molecule has 3 aromatic heterocycles. The second-order valence-corrected chi connectivity index (χ2v) is 11.2. The maximum absolute atomic E-state index is 11.9. The highest BCUT2D eigenvalue weighted by Gasteiger charge is 2.26. The van der Waals surface area contributed by atoms with Gasteiger partial charge in [-0.05, 0) is 60.6 Å². The molecule has 0 saturated heterocycles. The number of nitrogens with zero attached hydrogens (tertiary/aromatic N) is 5. The predicted molar refractivity (Wildman–Crippen MR) is 141 cm³/mol. The molecule has 0 spiro atoms. The Hall–Kier alpha value is -3.03. The van der Waals surface area contributed by atoms with Gasteiger partial charge in [-0.15, -0.1) is 0 Å². The lowest BCUT2D eigenvalue weighted by Gasteiger charge is -2.27. The number of imidazole rings is 1. The maximum atomic E-state index is 11.9. The van der Waals surface area contributed by atoms with Gasteiger partial charge in [0, 0.05) is 19.3 Å². The number of pyridine rings is 1. The average Bonchev–Trinajstić information content (AvgIpc) is 3.20. The maximum Gasteiger partial charge on any atom is 0.374 e. The zero-order valence-electron chi connectivity index (χ0n) is 21.7. The molecule has 2 fully saturated rings. The Labute approximate surface area is 213 Å². The lowest BCUT2D eigenvalue weighted by Crippen LogP contribution is -2.20. The number of aromatic carboxylic acids is 1. The Morgan fingerprint density at radius 2 is 1.89 bits per heavy atom. The molecule has 3 aromatic rings. The molecule has 8 heteroatoms. The van der Waals surface area contributed by atoms with Crippen LogP contribution in [-0.2, 0) is 6.54 Å². The van der Waals surface area contributed by atoms with Crippen LogP contribution in [0.15, 0.2) is 18.3 Å². The third kappa shape index (κ3) is 5.22. The minimum atomic E-state index is -1.14. The molecule has 2 N–H and O–H groups in total. The van der Waals surface area contributed by atoms with Gasteiger partial charge in [0.25, 0.3) is 0 Å². The third-order valence-corrected chi connectivity index (χ3v) is 8.12. The summed E-state index contributed by atoms with van der Waals surface area (Å²) >= 11 is 0. The van der Waals surface area contributed by atoms with Gasteiger partial charge < -0.3 is 15.0 Å². The Morgan fingerprint density at radius 3 is 2.56 bits per heavy atom. The Morgan fingerprint density at radius 1 is 1.11 bits per heavy atom. The lowest BCUT2D eigenvalue weighted by molar-refractivity contribution is 0.0684. The fourth-order valence-corrected chi connectivity index (χ4v) is 5.50. The lowest BCUT2D eigenvalue weighted by atomic mass is 9.83. The fraction of sp³-hybridized carbons (Fsp3) is 0.607. The van der Waals surface area contributed by atoms with Crippen molar-refractivity contribution in [3.05, 3.63) is 29.7 Å². The Bertz CT molecular complexity index is 1220.